The molecule has 3 aliphatic heterocycles. The molecule has 4 atom stereocenters. The highest BCUT2D eigenvalue weighted by molar-refractivity contribution is 6.30. The number of aryl methyl sites for hydroxylation is 1. The SMILES string of the molecule is Cc1nn(Cc2ccc(Cl)cc2)c(C)c1N1C(=O)C2C3CCC(O3)C2C1=O. The van der Waals surface area contributed by atoms with Crippen LogP contribution in [0.1, 0.15) is 29.8 Å². The van der Waals surface area contributed by atoms with Gasteiger partial charge in [0.05, 0.1) is 47.7 Å². The maximum atomic E-state index is 13.1. The van der Waals surface area contributed by atoms with Gasteiger partial charge in [-0.3, -0.25) is 14.3 Å². The molecule has 2 aromatic rings. The fourth-order valence-corrected chi connectivity index (χ4v) is 4.99. The first-order chi connectivity index (χ1) is 13.0. The normalized spacial score (nSPS) is 29.1. The topological polar surface area (TPSA) is 64.4 Å². The van der Waals surface area contributed by atoms with Gasteiger partial charge >= 0.3 is 0 Å². The molecule has 4 heterocycles. The van der Waals surface area contributed by atoms with Crippen molar-refractivity contribution in [3.63, 3.8) is 0 Å². The van der Waals surface area contributed by atoms with Gasteiger partial charge in [0.25, 0.3) is 0 Å². The first kappa shape index (κ1) is 17.0. The number of carbonyl (C=O) groups is 2. The zero-order chi connectivity index (χ0) is 18.9. The number of hydrogen-bond donors (Lipinski definition) is 0. The Balaban J connectivity index is 1.49. The number of imide groups is 1. The molecule has 6 nitrogen and oxygen atoms in total. The minimum absolute atomic E-state index is 0.105. The van der Waals surface area contributed by atoms with Crippen LogP contribution in [-0.4, -0.2) is 33.8 Å². The largest absolute Gasteiger partial charge is 0.373 e. The van der Waals surface area contributed by atoms with E-state index in [2.05, 4.69) is 5.10 Å². The minimum atomic E-state index is -0.324. The van der Waals surface area contributed by atoms with Crippen molar-refractivity contribution >= 4 is 29.1 Å². The molecular formula is C20H20ClN3O3. The zero-order valence-corrected chi connectivity index (χ0v) is 15.9. The summed E-state index contributed by atoms with van der Waals surface area (Å²) >= 11 is 5.95. The van der Waals surface area contributed by atoms with Crippen LogP contribution in [0, 0.1) is 25.7 Å². The lowest BCUT2D eigenvalue weighted by atomic mass is 9.81. The summed E-state index contributed by atoms with van der Waals surface area (Å²) in [5.74, 6) is -0.909. The molecule has 3 fully saturated rings. The van der Waals surface area contributed by atoms with E-state index in [1.165, 1.54) is 4.90 Å². The molecule has 1 aromatic carbocycles. The van der Waals surface area contributed by atoms with Gasteiger partial charge in [-0.1, -0.05) is 23.7 Å². The van der Waals surface area contributed by atoms with Gasteiger partial charge in [0.1, 0.15) is 0 Å². The fraction of sp³-hybridized carbons (Fsp3) is 0.450. The summed E-state index contributed by atoms with van der Waals surface area (Å²) in [6, 6.07) is 7.58. The van der Waals surface area contributed by atoms with Gasteiger partial charge in [0, 0.05) is 5.02 Å². The van der Waals surface area contributed by atoms with Gasteiger partial charge < -0.3 is 4.74 Å². The second-order valence-electron chi connectivity index (χ2n) is 7.66. The Hall–Kier alpha value is -2.18. The van der Waals surface area contributed by atoms with Crippen LogP contribution in [0.5, 0.6) is 0 Å². The Morgan fingerprint density at radius 2 is 1.67 bits per heavy atom. The summed E-state index contributed by atoms with van der Waals surface area (Å²) in [7, 11) is 0. The average Bonchev–Trinajstić information content (AvgIpc) is 3.37. The quantitative estimate of drug-likeness (QED) is 0.762. The highest BCUT2D eigenvalue weighted by atomic mass is 35.5. The van der Waals surface area contributed by atoms with Crippen molar-refractivity contribution in [2.45, 2.75) is 45.4 Å². The van der Waals surface area contributed by atoms with E-state index in [4.69, 9.17) is 16.3 Å². The molecule has 1 aromatic heterocycles. The van der Waals surface area contributed by atoms with E-state index in [1.54, 1.807) is 0 Å². The molecule has 2 amide bonds. The predicted octanol–water partition coefficient (Wildman–Crippen LogP) is 2.87. The second kappa shape index (κ2) is 5.91. The first-order valence-electron chi connectivity index (χ1n) is 9.27. The summed E-state index contributed by atoms with van der Waals surface area (Å²) in [5.41, 5.74) is 3.19. The van der Waals surface area contributed by atoms with Crippen LogP contribution in [0.2, 0.25) is 5.02 Å². The molecule has 0 saturated carbocycles. The molecule has 0 spiro atoms. The molecule has 4 unspecified atom stereocenters. The number of aromatic nitrogens is 2. The third-order valence-corrected chi connectivity index (χ3v) is 6.35. The molecule has 27 heavy (non-hydrogen) atoms. The Kier molecular flexibility index (Phi) is 3.71. The third-order valence-electron chi connectivity index (χ3n) is 6.10. The molecule has 2 bridgehead atoms. The number of benzene rings is 1. The number of amides is 2. The van der Waals surface area contributed by atoms with Crippen molar-refractivity contribution in [2.24, 2.45) is 11.8 Å². The van der Waals surface area contributed by atoms with Crippen LogP contribution in [0.3, 0.4) is 0 Å². The molecular weight excluding hydrogens is 366 g/mol. The smallest absolute Gasteiger partial charge is 0.240 e. The lowest BCUT2D eigenvalue weighted by molar-refractivity contribution is -0.124. The number of hydrogen-bond acceptors (Lipinski definition) is 4. The van der Waals surface area contributed by atoms with Crippen LogP contribution in [0.4, 0.5) is 5.69 Å². The molecule has 140 valence electrons. The number of anilines is 1. The number of nitrogens with zero attached hydrogens (tertiary/aromatic N) is 3. The van der Waals surface area contributed by atoms with E-state index in [9.17, 15) is 9.59 Å². The standard InChI is InChI=1S/C20H20ClN3O3/c1-10-18(11(2)23(22-10)9-12-3-5-13(21)6-4-12)24-19(25)16-14-7-8-15(27-14)17(16)20(24)26/h3-6,14-17H,7-9H2,1-2H3. The molecule has 3 saturated heterocycles. The van der Waals surface area contributed by atoms with Crippen molar-refractivity contribution in [1.82, 2.24) is 9.78 Å². The number of rotatable bonds is 3. The maximum absolute atomic E-state index is 13.1. The van der Waals surface area contributed by atoms with Crippen LogP contribution < -0.4 is 4.90 Å². The van der Waals surface area contributed by atoms with E-state index in [-0.39, 0.29) is 35.9 Å². The maximum Gasteiger partial charge on any atom is 0.240 e. The Morgan fingerprint density at radius 1 is 1.07 bits per heavy atom. The first-order valence-corrected chi connectivity index (χ1v) is 9.65. The zero-order valence-electron chi connectivity index (χ0n) is 15.2. The van der Waals surface area contributed by atoms with Crippen molar-refractivity contribution in [1.29, 1.82) is 0 Å². The van der Waals surface area contributed by atoms with Gasteiger partial charge in [-0.2, -0.15) is 5.10 Å². The van der Waals surface area contributed by atoms with Crippen molar-refractivity contribution in [3.8, 4) is 0 Å². The van der Waals surface area contributed by atoms with E-state index < -0.39 is 0 Å². The van der Waals surface area contributed by atoms with Crippen molar-refractivity contribution < 1.29 is 14.3 Å². The summed E-state index contributed by atoms with van der Waals surface area (Å²) in [4.78, 5) is 27.5. The molecule has 5 rings (SSSR count). The Bertz CT molecular complexity index is 924. The molecule has 7 heteroatoms. The highest BCUT2D eigenvalue weighted by Crippen LogP contribution is 2.50. The Morgan fingerprint density at radius 3 is 2.26 bits per heavy atom. The lowest BCUT2D eigenvalue weighted by Gasteiger charge is -2.18. The monoisotopic (exact) mass is 385 g/mol. The predicted molar refractivity (Wildman–Crippen MR) is 99.6 cm³/mol. The van der Waals surface area contributed by atoms with Gasteiger partial charge in [-0.15, -0.1) is 0 Å². The van der Waals surface area contributed by atoms with Crippen LogP contribution in [0.25, 0.3) is 0 Å². The van der Waals surface area contributed by atoms with E-state index in [1.807, 2.05) is 42.8 Å². The third kappa shape index (κ3) is 2.39. The summed E-state index contributed by atoms with van der Waals surface area (Å²) < 4.78 is 7.66. The van der Waals surface area contributed by atoms with E-state index in [0.29, 0.717) is 22.9 Å². The average molecular weight is 386 g/mol. The van der Waals surface area contributed by atoms with Crippen LogP contribution >= 0.6 is 11.6 Å². The van der Waals surface area contributed by atoms with Gasteiger partial charge in [-0.05, 0) is 44.4 Å². The molecule has 0 aliphatic carbocycles. The summed E-state index contributed by atoms with van der Waals surface area (Å²) in [5, 5.41) is 5.28. The molecule has 0 radical (unpaired) electrons. The fourth-order valence-electron chi connectivity index (χ4n) is 4.86. The van der Waals surface area contributed by atoms with Gasteiger partial charge in [0.15, 0.2) is 0 Å². The van der Waals surface area contributed by atoms with Gasteiger partial charge in [-0.25, -0.2) is 4.90 Å². The second-order valence-corrected chi connectivity index (χ2v) is 8.09. The minimum Gasteiger partial charge on any atom is -0.373 e. The number of fused-ring (bicyclic) bond motifs is 5. The summed E-state index contributed by atoms with van der Waals surface area (Å²) in [6.07, 6.45) is 1.52. The number of ether oxygens (including phenoxy) is 1. The molecule has 0 N–H and O–H groups in total. The summed E-state index contributed by atoms with van der Waals surface area (Å²) in [6.45, 7) is 4.31. The van der Waals surface area contributed by atoms with Crippen molar-refractivity contribution in [3.05, 3.63) is 46.2 Å². The van der Waals surface area contributed by atoms with E-state index >= 15 is 0 Å². The number of carbonyl (C=O) groups excluding carboxylic acids is 2. The van der Waals surface area contributed by atoms with Crippen LogP contribution in [0.15, 0.2) is 24.3 Å². The Labute approximate surface area is 162 Å². The van der Waals surface area contributed by atoms with Crippen molar-refractivity contribution in [2.75, 3.05) is 4.90 Å². The van der Waals surface area contributed by atoms with Gasteiger partial charge in [0.2, 0.25) is 11.8 Å². The highest BCUT2D eigenvalue weighted by Gasteiger charge is 2.63. The van der Waals surface area contributed by atoms with Crippen LogP contribution in [-0.2, 0) is 20.9 Å². The molecule has 3 aliphatic rings. The van der Waals surface area contributed by atoms with E-state index in [0.717, 1.165) is 24.1 Å². The number of halogens is 1. The lowest BCUT2D eigenvalue weighted by Crippen LogP contribution is -2.35.